The SMILES string of the molecule is CC(=O)C1Cc2ccccc2C(=O)N1c1ccc(C[C@H](NC(=O)c2c(Cl)cccc2Cl)C(=O)O)cc1. The molecule has 36 heavy (non-hydrogen) atoms. The third-order valence-electron chi connectivity index (χ3n) is 6.11. The molecule has 0 bridgehead atoms. The van der Waals surface area contributed by atoms with Crippen LogP contribution in [-0.2, 0) is 22.4 Å². The van der Waals surface area contributed by atoms with Crippen LogP contribution in [0.15, 0.2) is 66.7 Å². The van der Waals surface area contributed by atoms with Crippen molar-refractivity contribution in [1.29, 1.82) is 0 Å². The van der Waals surface area contributed by atoms with Crippen molar-refractivity contribution in [3.8, 4) is 0 Å². The molecule has 7 nitrogen and oxygen atoms in total. The summed E-state index contributed by atoms with van der Waals surface area (Å²) in [6.07, 6.45) is 0.396. The Morgan fingerprint density at radius 1 is 1.00 bits per heavy atom. The van der Waals surface area contributed by atoms with Gasteiger partial charge in [-0.15, -0.1) is 0 Å². The van der Waals surface area contributed by atoms with Gasteiger partial charge in [-0.1, -0.05) is 59.6 Å². The Labute approximate surface area is 217 Å². The maximum Gasteiger partial charge on any atom is 0.326 e. The number of anilines is 1. The third-order valence-corrected chi connectivity index (χ3v) is 6.74. The number of fused-ring (bicyclic) bond motifs is 1. The van der Waals surface area contributed by atoms with Gasteiger partial charge >= 0.3 is 5.97 Å². The highest BCUT2D eigenvalue weighted by Crippen LogP contribution is 2.30. The van der Waals surface area contributed by atoms with Crippen LogP contribution in [-0.4, -0.2) is 40.8 Å². The normalized spacial score (nSPS) is 15.7. The predicted octanol–water partition coefficient (Wildman–Crippen LogP) is 4.58. The number of aliphatic carboxylic acids is 1. The average Bonchev–Trinajstić information content (AvgIpc) is 2.84. The summed E-state index contributed by atoms with van der Waals surface area (Å²) < 4.78 is 0. The second-order valence-electron chi connectivity index (χ2n) is 8.49. The number of nitrogens with one attached hydrogen (secondary N) is 1. The fourth-order valence-corrected chi connectivity index (χ4v) is 4.84. The molecule has 3 aromatic carbocycles. The van der Waals surface area contributed by atoms with Crippen LogP contribution in [0, 0.1) is 0 Å². The summed E-state index contributed by atoms with van der Waals surface area (Å²) in [5, 5.41) is 12.4. The van der Waals surface area contributed by atoms with Gasteiger partial charge in [0.2, 0.25) is 0 Å². The van der Waals surface area contributed by atoms with Crippen molar-refractivity contribution < 1.29 is 24.3 Å². The molecule has 3 aromatic rings. The zero-order valence-corrected chi connectivity index (χ0v) is 20.7. The largest absolute Gasteiger partial charge is 0.480 e. The number of ketones is 1. The van der Waals surface area contributed by atoms with Crippen LogP contribution >= 0.6 is 23.2 Å². The highest BCUT2D eigenvalue weighted by molar-refractivity contribution is 6.39. The molecule has 1 unspecified atom stereocenters. The van der Waals surface area contributed by atoms with E-state index in [9.17, 15) is 24.3 Å². The molecular formula is C27H22Cl2N2O5. The van der Waals surface area contributed by atoms with Crippen molar-refractivity contribution in [2.75, 3.05) is 4.90 Å². The van der Waals surface area contributed by atoms with Gasteiger partial charge < -0.3 is 10.4 Å². The summed E-state index contributed by atoms with van der Waals surface area (Å²) >= 11 is 12.1. The highest BCUT2D eigenvalue weighted by Gasteiger charge is 2.35. The Morgan fingerprint density at radius 2 is 1.64 bits per heavy atom. The molecule has 4 rings (SSSR count). The molecular weight excluding hydrogens is 503 g/mol. The van der Waals surface area contributed by atoms with Gasteiger partial charge in [-0.05, 0) is 48.4 Å². The molecule has 0 radical (unpaired) electrons. The number of carbonyl (C=O) groups excluding carboxylic acids is 3. The minimum absolute atomic E-state index is 0.00148. The lowest BCUT2D eigenvalue weighted by Gasteiger charge is -2.35. The van der Waals surface area contributed by atoms with E-state index in [2.05, 4.69) is 5.32 Å². The number of carbonyl (C=O) groups is 4. The maximum absolute atomic E-state index is 13.2. The second kappa shape index (κ2) is 10.5. The molecule has 0 saturated heterocycles. The smallest absolute Gasteiger partial charge is 0.326 e. The molecule has 2 N–H and O–H groups in total. The fraction of sp³-hybridized carbons (Fsp3) is 0.185. The summed E-state index contributed by atoms with van der Waals surface area (Å²) in [4.78, 5) is 51.6. The molecule has 0 aromatic heterocycles. The topological polar surface area (TPSA) is 104 Å². The summed E-state index contributed by atoms with van der Waals surface area (Å²) in [6, 6.07) is 16.6. The summed E-state index contributed by atoms with van der Waals surface area (Å²) in [5.41, 5.74) is 2.51. The van der Waals surface area contributed by atoms with Gasteiger partial charge in [0, 0.05) is 24.1 Å². The molecule has 1 aliphatic rings. The van der Waals surface area contributed by atoms with E-state index in [1.807, 2.05) is 12.1 Å². The van der Waals surface area contributed by atoms with Crippen LogP contribution in [0.5, 0.6) is 0 Å². The van der Waals surface area contributed by atoms with Crippen molar-refractivity contribution in [3.63, 3.8) is 0 Å². The molecule has 0 fully saturated rings. The van der Waals surface area contributed by atoms with Crippen LogP contribution in [0.3, 0.4) is 0 Å². The Bertz CT molecular complexity index is 1340. The van der Waals surface area contributed by atoms with E-state index in [1.54, 1.807) is 42.5 Å². The number of nitrogens with zero attached hydrogens (tertiary/aromatic N) is 1. The van der Waals surface area contributed by atoms with Crippen LogP contribution in [0.25, 0.3) is 0 Å². The van der Waals surface area contributed by atoms with Crippen molar-refractivity contribution >= 4 is 52.5 Å². The summed E-state index contributed by atoms with van der Waals surface area (Å²) in [6.45, 7) is 1.46. The molecule has 0 spiro atoms. The lowest BCUT2D eigenvalue weighted by Crippen LogP contribution is -2.49. The monoisotopic (exact) mass is 524 g/mol. The number of rotatable bonds is 7. The van der Waals surface area contributed by atoms with Crippen molar-refractivity contribution in [3.05, 3.63) is 99.0 Å². The standard InChI is InChI=1S/C27H22Cl2N2O5/c1-15(32)23-14-17-5-2-3-6-19(17)26(34)31(23)18-11-9-16(10-12-18)13-22(27(35)36)30-25(33)24-20(28)7-4-8-21(24)29/h2-12,22-23H,13-14H2,1H3,(H,30,33)(H,35,36)/t22-,23?/m0/s1. The lowest BCUT2D eigenvalue weighted by molar-refractivity contribution is -0.139. The minimum Gasteiger partial charge on any atom is -0.480 e. The first kappa shape index (κ1) is 25.4. The van der Waals surface area contributed by atoms with E-state index in [0.717, 1.165) is 5.56 Å². The van der Waals surface area contributed by atoms with Gasteiger partial charge in [-0.3, -0.25) is 19.3 Å². The van der Waals surface area contributed by atoms with Crippen LogP contribution in [0.4, 0.5) is 5.69 Å². The number of hydrogen-bond donors (Lipinski definition) is 2. The molecule has 2 atom stereocenters. The highest BCUT2D eigenvalue weighted by atomic mass is 35.5. The van der Waals surface area contributed by atoms with E-state index in [0.29, 0.717) is 23.2 Å². The zero-order chi connectivity index (χ0) is 26.0. The predicted molar refractivity (Wildman–Crippen MR) is 137 cm³/mol. The number of amides is 2. The van der Waals surface area contributed by atoms with Gasteiger partial charge in [0.1, 0.15) is 6.04 Å². The number of carboxylic acids is 1. The number of carboxylic acid groups (broad SMARTS) is 1. The van der Waals surface area contributed by atoms with Crippen LogP contribution in [0.2, 0.25) is 10.0 Å². The number of halogens is 2. The first-order valence-electron chi connectivity index (χ1n) is 11.2. The van der Waals surface area contributed by atoms with Crippen molar-refractivity contribution in [2.24, 2.45) is 0 Å². The van der Waals surface area contributed by atoms with Gasteiger partial charge in [0.15, 0.2) is 5.78 Å². The van der Waals surface area contributed by atoms with E-state index in [-0.39, 0.29) is 33.7 Å². The first-order valence-corrected chi connectivity index (χ1v) is 11.9. The molecule has 1 aliphatic heterocycles. The molecule has 0 aliphatic carbocycles. The van der Waals surface area contributed by atoms with Gasteiger partial charge in [0.05, 0.1) is 21.7 Å². The van der Waals surface area contributed by atoms with E-state index >= 15 is 0 Å². The van der Waals surface area contributed by atoms with Crippen molar-refractivity contribution in [1.82, 2.24) is 5.32 Å². The molecule has 184 valence electrons. The number of benzene rings is 3. The quantitative estimate of drug-likeness (QED) is 0.470. The average molecular weight is 525 g/mol. The minimum atomic E-state index is -1.25. The van der Waals surface area contributed by atoms with Gasteiger partial charge in [-0.25, -0.2) is 4.79 Å². The lowest BCUT2D eigenvalue weighted by atomic mass is 9.91. The third kappa shape index (κ3) is 5.12. The number of Topliss-reactive ketones (excluding diaryl/α,β-unsaturated/α-hetero) is 1. The van der Waals surface area contributed by atoms with Gasteiger partial charge in [-0.2, -0.15) is 0 Å². The Balaban J connectivity index is 1.55. The zero-order valence-electron chi connectivity index (χ0n) is 19.2. The second-order valence-corrected chi connectivity index (χ2v) is 9.31. The van der Waals surface area contributed by atoms with Crippen LogP contribution in [0.1, 0.15) is 38.8 Å². The molecule has 1 heterocycles. The van der Waals surface area contributed by atoms with Gasteiger partial charge in [0.25, 0.3) is 11.8 Å². The maximum atomic E-state index is 13.2. The van der Waals surface area contributed by atoms with Crippen LogP contribution < -0.4 is 10.2 Å². The van der Waals surface area contributed by atoms with E-state index in [4.69, 9.17) is 23.2 Å². The fourth-order valence-electron chi connectivity index (χ4n) is 4.27. The Kier molecular flexibility index (Phi) is 7.43. The Hall–Kier alpha value is -3.68. The summed E-state index contributed by atoms with van der Waals surface area (Å²) in [5.74, 6) is -2.32. The number of hydrogen-bond acceptors (Lipinski definition) is 4. The summed E-state index contributed by atoms with van der Waals surface area (Å²) in [7, 11) is 0. The van der Waals surface area contributed by atoms with Crippen molar-refractivity contribution in [2.45, 2.75) is 31.8 Å². The van der Waals surface area contributed by atoms with E-state index in [1.165, 1.54) is 24.0 Å². The van der Waals surface area contributed by atoms with E-state index < -0.39 is 24.0 Å². The first-order chi connectivity index (χ1) is 17.2. The molecule has 0 saturated carbocycles. The molecule has 2 amide bonds. The molecule has 9 heteroatoms. The Morgan fingerprint density at radius 3 is 2.25 bits per heavy atom.